The van der Waals surface area contributed by atoms with E-state index in [0.717, 1.165) is 18.5 Å². The minimum atomic E-state index is -0.116. The van der Waals surface area contributed by atoms with Crippen molar-refractivity contribution in [1.29, 1.82) is 0 Å². The first kappa shape index (κ1) is 21.4. The Kier molecular flexibility index (Phi) is 7.49. The Morgan fingerprint density at radius 1 is 0.967 bits per heavy atom. The highest BCUT2D eigenvalue weighted by molar-refractivity contribution is 5.96. The molecule has 0 spiro atoms. The van der Waals surface area contributed by atoms with E-state index in [4.69, 9.17) is 4.42 Å². The first-order valence-electron chi connectivity index (χ1n) is 10.3. The molecule has 6 nitrogen and oxygen atoms in total. The Morgan fingerprint density at radius 3 is 2.40 bits per heavy atom. The second-order valence-electron chi connectivity index (χ2n) is 7.39. The van der Waals surface area contributed by atoms with Crippen LogP contribution in [0, 0.1) is 0 Å². The number of nitrogens with zero attached hydrogens (tertiary/aromatic N) is 3. The Labute approximate surface area is 177 Å². The van der Waals surface area contributed by atoms with Crippen molar-refractivity contribution in [3.8, 4) is 0 Å². The zero-order valence-corrected chi connectivity index (χ0v) is 17.7. The van der Waals surface area contributed by atoms with Gasteiger partial charge in [0, 0.05) is 31.0 Å². The number of aromatic nitrogens is 1. The second-order valence-corrected chi connectivity index (χ2v) is 7.39. The lowest BCUT2D eigenvalue weighted by atomic mass is 10.2. The van der Waals surface area contributed by atoms with Crippen molar-refractivity contribution >= 4 is 11.8 Å². The average Bonchev–Trinajstić information content (AvgIpc) is 3.42. The summed E-state index contributed by atoms with van der Waals surface area (Å²) in [6.45, 7) is 3.47. The summed E-state index contributed by atoms with van der Waals surface area (Å²) in [5, 5.41) is 0. The molecule has 0 unspecified atom stereocenters. The molecule has 2 amide bonds. The second kappa shape index (κ2) is 10.5. The number of hydrogen-bond donors (Lipinski definition) is 0. The van der Waals surface area contributed by atoms with Gasteiger partial charge in [-0.05, 0) is 42.8 Å². The summed E-state index contributed by atoms with van der Waals surface area (Å²) in [5.74, 6) is 0.495. The highest BCUT2D eigenvalue weighted by atomic mass is 16.3. The van der Waals surface area contributed by atoms with Crippen LogP contribution in [0.2, 0.25) is 0 Å². The van der Waals surface area contributed by atoms with Crippen molar-refractivity contribution < 1.29 is 14.0 Å². The van der Waals surface area contributed by atoms with Gasteiger partial charge in [0.05, 0.1) is 19.4 Å². The molecule has 3 aromatic rings. The lowest BCUT2D eigenvalue weighted by Crippen LogP contribution is -2.43. The van der Waals surface area contributed by atoms with Crippen LogP contribution in [0.15, 0.2) is 71.5 Å². The van der Waals surface area contributed by atoms with Crippen LogP contribution in [0.4, 0.5) is 0 Å². The summed E-state index contributed by atoms with van der Waals surface area (Å²) in [5.41, 5.74) is 1.62. The molecule has 1 aromatic carbocycles. The molecule has 0 aliphatic rings. The average molecular weight is 408 g/mol. The number of aryl methyl sites for hydroxylation is 1. The van der Waals surface area contributed by atoms with Gasteiger partial charge < -0.3 is 18.8 Å². The minimum absolute atomic E-state index is 0.0405. The minimum Gasteiger partial charge on any atom is -0.467 e. The smallest absolute Gasteiger partial charge is 0.254 e. The largest absolute Gasteiger partial charge is 0.467 e. The van der Waals surface area contributed by atoms with E-state index in [0.29, 0.717) is 31.0 Å². The number of benzene rings is 1. The Balaban J connectivity index is 1.77. The van der Waals surface area contributed by atoms with Crippen molar-refractivity contribution in [3.63, 3.8) is 0 Å². The molecule has 2 heterocycles. The summed E-state index contributed by atoms with van der Waals surface area (Å²) < 4.78 is 7.46. The fraction of sp³-hybridized carbons (Fsp3) is 0.333. The van der Waals surface area contributed by atoms with Crippen molar-refractivity contribution in [1.82, 2.24) is 14.4 Å². The van der Waals surface area contributed by atoms with Crippen molar-refractivity contribution in [2.24, 2.45) is 7.05 Å². The number of hydrogen-bond acceptors (Lipinski definition) is 3. The van der Waals surface area contributed by atoms with Crippen LogP contribution in [0.5, 0.6) is 0 Å². The molecule has 0 bridgehead atoms. The highest BCUT2D eigenvalue weighted by Gasteiger charge is 2.23. The van der Waals surface area contributed by atoms with Gasteiger partial charge in [-0.3, -0.25) is 9.59 Å². The lowest BCUT2D eigenvalue weighted by Gasteiger charge is -2.27. The van der Waals surface area contributed by atoms with Crippen molar-refractivity contribution in [2.45, 2.75) is 32.9 Å². The van der Waals surface area contributed by atoms with Gasteiger partial charge in [0.1, 0.15) is 12.3 Å². The van der Waals surface area contributed by atoms with Crippen LogP contribution in [-0.4, -0.2) is 39.3 Å². The summed E-state index contributed by atoms with van der Waals surface area (Å²) in [6, 6.07) is 16.7. The van der Waals surface area contributed by atoms with E-state index < -0.39 is 0 Å². The van der Waals surface area contributed by atoms with Crippen LogP contribution in [0.1, 0.15) is 41.6 Å². The molecule has 0 atom stereocenters. The number of carbonyl (C=O) groups excluding carboxylic acids is 2. The summed E-state index contributed by atoms with van der Waals surface area (Å²) >= 11 is 0. The van der Waals surface area contributed by atoms with Gasteiger partial charge in [0.2, 0.25) is 5.91 Å². The SMILES string of the molecule is CCCCN(CC(=O)N(Cc1ccco1)Cc1cccn1C)C(=O)c1ccccc1. The number of carbonyl (C=O) groups is 2. The molecule has 0 saturated heterocycles. The van der Waals surface area contributed by atoms with Gasteiger partial charge in [-0.2, -0.15) is 0 Å². The fourth-order valence-electron chi connectivity index (χ4n) is 3.31. The molecular weight excluding hydrogens is 378 g/mol. The van der Waals surface area contributed by atoms with Gasteiger partial charge in [-0.25, -0.2) is 0 Å². The van der Waals surface area contributed by atoms with E-state index in [-0.39, 0.29) is 18.4 Å². The van der Waals surface area contributed by atoms with E-state index >= 15 is 0 Å². The predicted molar refractivity (Wildman–Crippen MR) is 116 cm³/mol. The van der Waals surface area contributed by atoms with Crippen LogP contribution in [0.25, 0.3) is 0 Å². The van der Waals surface area contributed by atoms with E-state index in [2.05, 4.69) is 6.92 Å². The standard InChI is InChI=1S/C24H29N3O3/c1-3-4-15-26(24(29)20-10-6-5-7-11-20)19-23(28)27(18-22-13-9-16-30-22)17-21-12-8-14-25(21)2/h5-14,16H,3-4,15,17-19H2,1-2H3. The molecule has 3 rings (SSSR count). The fourth-order valence-corrected chi connectivity index (χ4v) is 3.31. The maximum atomic E-state index is 13.3. The Hall–Kier alpha value is -3.28. The van der Waals surface area contributed by atoms with Crippen LogP contribution >= 0.6 is 0 Å². The molecule has 30 heavy (non-hydrogen) atoms. The third-order valence-corrected chi connectivity index (χ3v) is 5.10. The summed E-state index contributed by atoms with van der Waals surface area (Å²) in [6.07, 6.45) is 5.36. The lowest BCUT2D eigenvalue weighted by molar-refractivity contribution is -0.133. The third kappa shape index (κ3) is 5.63. The predicted octanol–water partition coefficient (Wildman–Crippen LogP) is 4.09. The van der Waals surface area contributed by atoms with Gasteiger partial charge in [0.25, 0.3) is 5.91 Å². The van der Waals surface area contributed by atoms with Gasteiger partial charge >= 0.3 is 0 Å². The normalized spacial score (nSPS) is 10.7. The first-order valence-corrected chi connectivity index (χ1v) is 10.3. The molecule has 2 aromatic heterocycles. The maximum Gasteiger partial charge on any atom is 0.254 e. The van der Waals surface area contributed by atoms with Crippen LogP contribution in [-0.2, 0) is 24.9 Å². The monoisotopic (exact) mass is 407 g/mol. The van der Waals surface area contributed by atoms with Gasteiger partial charge in [0.15, 0.2) is 0 Å². The topological polar surface area (TPSA) is 58.7 Å². The van der Waals surface area contributed by atoms with Crippen molar-refractivity contribution in [3.05, 3.63) is 84.1 Å². The molecule has 0 fully saturated rings. The molecule has 0 aliphatic heterocycles. The first-order chi connectivity index (χ1) is 14.6. The van der Waals surface area contributed by atoms with Crippen LogP contribution < -0.4 is 0 Å². The quantitative estimate of drug-likeness (QED) is 0.509. The molecule has 0 saturated carbocycles. The number of unbranched alkanes of at least 4 members (excludes halogenated alkanes) is 1. The zero-order valence-electron chi connectivity index (χ0n) is 17.7. The Morgan fingerprint density at radius 2 is 1.77 bits per heavy atom. The molecular formula is C24H29N3O3. The Bertz CT molecular complexity index is 932. The van der Waals surface area contributed by atoms with E-state index in [1.807, 2.05) is 60.3 Å². The molecule has 158 valence electrons. The third-order valence-electron chi connectivity index (χ3n) is 5.10. The van der Waals surface area contributed by atoms with Crippen LogP contribution in [0.3, 0.4) is 0 Å². The molecule has 0 radical (unpaired) electrons. The van der Waals surface area contributed by atoms with Gasteiger partial charge in [-0.15, -0.1) is 0 Å². The van der Waals surface area contributed by atoms with E-state index in [1.54, 1.807) is 28.2 Å². The highest BCUT2D eigenvalue weighted by Crippen LogP contribution is 2.13. The van der Waals surface area contributed by atoms with Gasteiger partial charge in [-0.1, -0.05) is 31.5 Å². The number of furan rings is 1. The van der Waals surface area contributed by atoms with E-state index in [9.17, 15) is 9.59 Å². The summed E-state index contributed by atoms with van der Waals surface area (Å²) in [4.78, 5) is 29.7. The summed E-state index contributed by atoms with van der Waals surface area (Å²) in [7, 11) is 1.96. The van der Waals surface area contributed by atoms with Crippen molar-refractivity contribution in [2.75, 3.05) is 13.1 Å². The zero-order chi connectivity index (χ0) is 21.3. The number of amides is 2. The van der Waals surface area contributed by atoms with E-state index in [1.165, 1.54) is 0 Å². The molecule has 0 aliphatic carbocycles. The molecule has 6 heteroatoms. The maximum absolute atomic E-state index is 13.3. The molecule has 0 N–H and O–H groups in total. The number of rotatable bonds is 10.